The summed E-state index contributed by atoms with van der Waals surface area (Å²) >= 11 is 6.69. The third-order valence-corrected chi connectivity index (χ3v) is 8.20. The number of nitrogens with zero attached hydrogens (tertiary/aromatic N) is 2. The van der Waals surface area contributed by atoms with Gasteiger partial charge in [0.2, 0.25) is 5.91 Å². The van der Waals surface area contributed by atoms with Crippen molar-refractivity contribution in [1.82, 2.24) is 9.88 Å². The number of anilines is 1. The molecule has 32 heavy (non-hydrogen) atoms. The van der Waals surface area contributed by atoms with Crippen LogP contribution in [-0.2, 0) is 9.53 Å². The summed E-state index contributed by atoms with van der Waals surface area (Å²) in [6.45, 7) is 6.91. The van der Waals surface area contributed by atoms with Crippen LogP contribution < -0.4 is 5.32 Å². The van der Waals surface area contributed by atoms with Gasteiger partial charge in [0, 0.05) is 22.5 Å². The first-order chi connectivity index (χ1) is 15.3. The molecule has 1 aromatic heterocycles. The Balaban J connectivity index is 1.31. The molecule has 3 aliphatic rings. The number of carbonyl (C=O) groups is 1. The fraction of sp³-hybridized carbons (Fsp3) is 0.600. The highest BCUT2D eigenvalue weighted by molar-refractivity contribution is 6.32. The molecule has 0 spiro atoms. The van der Waals surface area contributed by atoms with E-state index in [1.54, 1.807) is 6.20 Å². The normalized spacial score (nSPS) is 28.2. The van der Waals surface area contributed by atoms with Gasteiger partial charge >= 0.3 is 0 Å². The monoisotopic (exact) mass is 457 g/mol. The number of likely N-dealkylation sites (tertiary alicyclic amines) is 1. The van der Waals surface area contributed by atoms with Gasteiger partial charge in [-0.3, -0.25) is 9.69 Å². The Morgan fingerprint density at radius 2 is 2.00 bits per heavy atom. The fourth-order valence-corrected chi connectivity index (χ4v) is 5.60. The third kappa shape index (κ3) is 4.14. The number of nitrogens with one attached hydrogen (secondary N) is 1. The lowest BCUT2D eigenvalue weighted by molar-refractivity contribution is -0.119. The Morgan fingerprint density at radius 1 is 1.25 bits per heavy atom. The van der Waals surface area contributed by atoms with Gasteiger partial charge in [-0.2, -0.15) is 0 Å². The molecule has 0 bridgehead atoms. The molecule has 0 unspecified atom stereocenters. The summed E-state index contributed by atoms with van der Waals surface area (Å²) in [6.07, 6.45) is 5.61. The number of halogens is 1. The van der Waals surface area contributed by atoms with Crippen molar-refractivity contribution in [3.05, 3.63) is 35.0 Å². The van der Waals surface area contributed by atoms with E-state index in [4.69, 9.17) is 16.3 Å². The summed E-state index contributed by atoms with van der Waals surface area (Å²) in [5, 5.41) is 16.2. The largest absolute Gasteiger partial charge is 0.389 e. The summed E-state index contributed by atoms with van der Waals surface area (Å²) in [5.74, 6) is 1.57. The quantitative estimate of drug-likeness (QED) is 0.703. The number of fused-ring (bicyclic) bond motifs is 1. The number of hydrogen-bond donors (Lipinski definition) is 2. The van der Waals surface area contributed by atoms with E-state index in [1.165, 1.54) is 0 Å². The number of amides is 1. The van der Waals surface area contributed by atoms with Crippen LogP contribution in [0.15, 0.2) is 24.4 Å². The number of aromatic nitrogens is 1. The summed E-state index contributed by atoms with van der Waals surface area (Å²) < 4.78 is 5.53. The number of benzene rings is 1. The van der Waals surface area contributed by atoms with Crippen LogP contribution >= 0.6 is 11.6 Å². The lowest BCUT2D eigenvalue weighted by atomic mass is 9.85. The lowest BCUT2D eigenvalue weighted by Gasteiger charge is -2.43. The average molecular weight is 458 g/mol. The molecule has 1 aliphatic carbocycles. The number of aliphatic hydroxyl groups excluding tert-OH is 1. The molecule has 3 heterocycles. The second-order valence-corrected chi connectivity index (χ2v) is 10.5. The number of aliphatic hydroxyl groups is 1. The van der Waals surface area contributed by atoms with E-state index < -0.39 is 6.10 Å². The van der Waals surface area contributed by atoms with Gasteiger partial charge in [-0.15, -0.1) is 0 Å². The van der Waals surface area contributed by atoms with Crippen molar-refractivity contribution in [3.63, 3.8) is 0 Å². The van der Waals surface area contributed by atoms with Crippen LogP contribution in [0.1, 0.15) is 51.0 Å². The van der Waals surface area contributed by atoms with Gasteiger partial charge in [-0.1, -0.05) is 18.5 Å². The van der Waals surface area contributed by atoms with Gasteiger partial charge in [0.1, 0.15) is 5.82 Å². The van der Waals surface area contributed by atoms with Gasteiger partial charge in [-0.05, 0) is 86.7 Å². The average Bonchev–Trinajstić information content (AvgIpc) is 3.58. The van der Waals surface area contributed by atoms with Crippen LogP contribution in [0.4, 0.5) is 5.82 Å². The minimum absolute atomic E-state index is 0.0316. The second kappa shape index (κ2) is 8.56. The molecule has 0 radical (unpaired) electrons. The summed E-state index contributed by atoms with van der Waals surface area (Å²) in [6, 6.07) is 6.10. The summed E-state index contributed by atoms with van der Waals surface area (Å²) in [5.41, 5.74) is 0.858. The zero-order chi connectivity index (χ0) is 22.5. The molecule has 2 saturated heterocycles. The minimum atomic E-state index is -0.438. The Hall–Kier alpha value is -1.73. The molecule has 3 atom stereocenters. The van der Waals surface area contributed by atoms with E-state index >= 15 is 0 Å². The number of hydrogen-bond acceptors (Lipinski definition) is 5. The van der Waals surface area contributed by atoms with Gasteiger partial charge < -0.3 is 15.2 Å². The molecule has 7 heteroatoms. The number of carbonyl (C=O) groups excluding carboxylic acids is 1. The zero-order valence-corrected chi connectivity index (χ0v) is 19.6. The molecule has 1 amide bonds. The van der Waals surface area contributed by atoms with Crippen molar-refractivity contribution >= 4 is 34.1 Å². The van der Waals surface area contributed by atoms with Gasteiger partial charge in [-0.25, -0.2) is 4.98 Å². The molecular weight excluding hydrogens is 426 g/mol. The Kier molecular flexibility index (Phi) is 5.91. The first kappa shape index (κ1) is 22.1. The molecule has 2 N–H and O–H groups in total. The first-order valence-corrected chi connectivity index (χ1v) is 12.1. The topological polar surface area (TPSA) is 74.7 Å². The first-order valence-electron chi connectivity index (χ1n) is 11.8. The minimum Gasteiger partial charge on any atom is -0.389 e. The van der Waals surface area contributed by atoms with Crippen molar-refractivity contribution in [1.29, 1.82) is 0 Å². The smallest absolute Gasteiger partial charge is 0.228 e. The van der Waals surface area contributed by atoms with E-state index in [0.29, 0.717) is 30.9 Å². The molecule has 1 saturated carbocycles. The Morgan fingerprint density at radius 3 is 2.66 bits per heavy atom. The second-order valence-electron chi connectivity index (χ2n) is 10.1. The maximum atomic E-state index is 12.5. The third-order valence-electron chi connectivity index (χ3n) is 7.88. The van der Waals surface area contributed by atoms with Crippen LogP contribution in [0.5, 0.6) is 0 Å². The predicted molar refractivity (Wildman–Crippen MR) is 126 cm³/mol. The van der Waals surface area contributed by atoms with E-state index in [-0.39, 0.29) is 17.4 Å². The molecule has 172 valence electrons. The molecular formula is C25H32ClN3O3. The highest BCUT2D eigenvalue weighted by Gasteiger charge is 2.45. The maximum absolute atomic E-state index is 12.5. The van der Waals surface area contributed by atoms with Crippen molar-refractivity contribution in [2.24, 2.45) is 11.8 Å². The van der Waals surface area contributed by atoms with Crippen LogP contribution in [0, 0.1) is 11.8 Å². The lowest BCUT2D eigenvalue weighted by Crippen LogP contribution is -2.56. The predicted octanol–water partition coefficient (Wildman–Crippen LogP) is 4.20. The fourth-order valence-electron chi connectivity index (χ4n) is 5.27. The summed E-state index contributed by atoms with van der Waals surface area (Å²) in [7, 11) is 0. The molecule has 2 aliphatic heterocycles. The van der Waals surface area contributed by atoms with Crippen molar-refractivity contribution in [2.75, 3.05) is 31.6 Å². The molecule has 1 aromatic carbocycles. The molecule has 6 nitrogen and oxygen atoms in total. The zero-order valence-electron chi connectivity index (χ0n) is 18.8. The van der Waals surface area contributed by atoms with E-state index in [9.17, 15) is 9.90 Å². The van der Waals surface area contributed by atoms with Crippen LogP contribution in [0.2, 0.25) is 5.02 Å². The van der Waals surface area contributed by atoms with Gasteiger partial charge in [0.05, 0.1) is 24.9 Å². The highest BCUT2D eigenvalue weighted by Crippen LogP contribution is 2.39. The number of piperidine rings is 1. The van der Waals surface area contributed by atoms with E-state index in [1.807, 2.05) is 19.1 Å². The SMILES string of the molecule is C[C@@H](C(=O)Nc1cc2cc(C3CCN([C@@]4(C)COC[C@H]4O)CC3)c(Cl)cc2cn1)C1CC1. The number of rotatable bonds is 5. The van der Waals surface area contributed by atoms with Crippen molar-refractivity contribution in [3.8, 4) is 0 Å². The number of ether oxygens (including phenoxy) is 1. The molecule has 3 fully saturated rings. The van der Waals surface area contributed by atoms with Gasteiger partial charge in [0.25, 0.3) is 0 Å². The number of pyridine rings is 1. The Labute approximate surface area is 194 Å². The van der Waals surface area contributed by atoms with Crippen molar-refractivity contribution < 1.29 is 14.6 Å². The van der Waals surface area contributed by atoms with Crippen LogP contribution in [0.25, 0.3) is 10.8 Å². The van der Waals surface area contributed by atoms with Crippen molar-refractivity contribution in [2.45, 2.75) is 57.1 Å². The molecule has 2 aromatic rings. The van der Waals surface area contributed by atoms with Crippen LogP contribution in [0.3, 0.4) is 0 Å². The van der Waals surface area contributed by atoms with E-state index in [0.717, 1.165) is 60.1 Å². The van der Waals surface area contributed by atoms with Crippen LogP contribution in [-0.4, -0.2) is 58.8 Å². The molecule has 5 rings (SSSR count). The standard InChI is InChI=1S/C25H32ClN3O3/c1-15(16-3-4-16)24(31)28-23-11-18-9-20(21(26)10-19(18)12-27-23)17-5-7-29(8-6-17)25(2)14-32-13-22(25)30/h9-12,15-17,22,30H,3-8,13-14H2,1-2H3,(H,27,28,31)/t15-,22-,25+/m1/s1. The maximum Gasteiger partial charge on any atom is 0.228 e. The Bertz CT molecular complexity index is 1020. The summed E-state index contributed by atoms with van der Waals surface area (Å²) in [4.78, 5) is 19.3. The van der Waals surface area contributed by atoms with E-state index in [2.05, 4.69) is 28.2 Å². The highest BCUT2D eigenvalue weighted by atomic mass is 35.5. The van der Waals surface area contributed by atoms with Gasteiger partial charge in [0.15, 0.2) is 0 Å².